The predicted octanol–water partition coefficient (Wildman–Crippen LogP) is -0.731. The molecule has 82 valence electrons. The van der Waals surface area contributed by atoms with Crippen molar-refractivity contribution in [2.75, 3.05) is 7.11 Å². The molecular formula is C9H12N2O4. The Kier molecular flexibility index (Phi) is 3.46. The Morgan fingerprint density at radius 2 is 2.40 bits per heavy atom. The molecule has 1 atom stereocenters. The largest absolute Gasteiger partial charge is 0.491 e. The van der Waals surface area contributed by atoms with Gasteiger partial charge >= 0.3 is 5.97 Å². The van der Waals surface area contributed by atoms with Crippen LogP contribution in [0.3, 0.4) is 0 Å². The van der Waals surface area contributed by atoms with Crippen LogP contribution in [0, 0.1) is 0 Å². The number of ether oxygens (including phenoxy) is 1. The minimum Gasteiger partial charge on any atom is -0.491 e. The maximum Gasteiger partial charge on any atom is 0.322 e. The van der Waals surface area contributed by atoms with Crippen LogP contribution in [0.25, 0.3) is 0 Å². The highest BCUT2D eigenvalue weighted by Crippen LogP contribution is 2.01. The summed E-state index contributed by atoms with van der Waals surface area (Å²) in [6, 6.07) is 0.296. The van der Waals surface area contributed by atoms with Crippen molar-refractivity contribution >= 4 is 5.97 Å². The molecule has 0 aliphatic carbocycles. The van der Waals surface area contributed by atoms with E-state index in [-0.39, 0.29) is 17.7 Å². The first kappa shape index (κ1) is 11.3. The van der Waals surface area contributed by atoms with Gasteiger partial charge in [-0.1, -0.05) is 0 Å². The average molecular weight is 212 g/mol. The van der Waals surface area contributed by atoms with Gasteiger partial charge in [0.05, 0.1) is 13.3 Å². The lowest BCUT2D eigenvalue weighted by molar-refractivity contribution is -0.138. The number of carboxylic acids is 1. The quantitative estimate of drug-likeness (QED) is 0.686. The molecule has 0 saturated heterocycles. The maximum atomic E-state index is 11.1. The van der Waals surface area contributed by atoms with E-state index in [1.807, 2.05) is 0 Å². The molecule has 0 amide bonds. The maximum absolute atomic E-state index is 11.1. The number of aromatic nitrogens is 1. The van der Waals surface area contributed by atoms with Gasteiger partial charge in [-0.2, -0.15) is 0 Å². The van der Waals surface area contributed by atoms with Crippen LogP contribution in [0.5, 0.6) is 5.75 Å². The lowest BCUT2D eigenvalue weighted by atomic mass is 10.3. The molecule has 0 saturated carbocycles. The molecule has 0 radical (unpaired) electrons. The van der Waals surface area contributed by atoms with Crippen LogP contribution in [0.2, 0.25) is 0 Å². The average Bonchev–Trinajstić information content (AvgIpc) is 2.20. The van der Waals surface area contributed by atoms with Crippen molar-refractivity contribution in [2.24, 2.45) is 5.73 Å². The summed E-state index contributed by atoms with van der Waals surface area (Å²) in [6.45, 7) is 0.0893. The van der Waals surface area contributed by atoms with Crippen molar-refractivity contribution in [2.45, 2.75) is 12.6 Å². The highest BCUT2D eigenvalue weighted by molar-refractivity contribution is 5.72. The van der Waals surface area contributed by atoms with Gasteiger partial charge in [-0.05, 0) is 0 Å². The van der Waals surface area contributed by atoms with Crippen LogP contribution in [0.15, 0.2) is 23.3 Å². The summed E-state index contributed by atoms with van der Waals surface area (Å²) in [5.41, 5.74) is 5.09. The molecule has 3 N–H and O–H groups in total. The number of carbonyl (C=O) groups is 1. The standard InChI is InChI=1S/C9H12N2O4/c1-15-8-5-11(3-2-7(8)12)4-6(10)9(13)14/h2-3,5-6H,4,10H2,1H3,(H,13,14). The van der Waals surface area contributed by atoms with Crippen LogP contribution in [0.1, 0.15) is 0 Å². The Balaban J connectivity index is 2.87. The number of carboxylic acid groups (broad SMARTS) is 1. The molecule has 0 aliphatic heterocycles. The molecule has 15 heavy (non-hydrogen) atoms. The van der Waals surface area contributed by atoms with Crippen molar-refractivity contribution < 1.29 is 14.6 Å². The number of hydrogen-bond donors (Lipinski definition) is 2. The molecule has 1 rings (SSSR count). The van der Waals surface area contributed by atoms with Gasteiger partial charge in [0.15, 0.2) is 5.75 Å². The van der Waals surface area contributed by atoms with E-state index in [9.17, 15) is 9.59 Å². The molecule has 0 aromatic carbocycles. The summed E-state index contributed by atoms with van der Waals surface area (Å²) >= 11 is 0. The molecule has 6 heteroatoms. The minimum atomic E-state index is -1.09. The molecule has 1 unspecified atom stereocenters. The van der Waals surface area contributed by atoms with Crippen molar-refractivity contribution in [1.82, 2.24) is 4.57 Å². The van der Waals surface area contributed by atoms with Gasteiger partial charge in [0.25, 0.3) is 0 Å². The first-order valence-electron chi connectivity index (χ1n) is 4.27. The zero-order valence-corrected chi connectivity index (χ0v) is 8.21. The Bertz CT molecular complexity index is 413. The molecule has 1 aromatic rings. The van der Waals surface area contributed by atoms with Crippen molar-refractivity contribution in [3.05, 3.63) is 28.7 Å². The number of aliphatic carboxylic acids is 1. The summed E-state index contributed by atoms with van der Waals surface area (Å²) < 4.78 is 6.31. The van der Waals surface area contributed by atoms with Crippen LogP contribution in [-0.2, 0) is 11.3 Å². The Hall–Kier alpha value is -1.82. The zero-order chi connectivity index (χ0) is 11.4. The van der Waals surface area contributed by atoms with Crippen LogP contribution in [0.4, 0.5) is 0 Å². The fraction of sp³-hybridized carbons (Fsp3) is 0.333. The van der Waals surface area contributed by atoms with E-state index in [0.29, 0.717) is 0 Å². The molecule has 0 fully saturated rings. The lowest BCUT2D eigenvalue weighted by Crippen LogP contribution is -2.34. The van der Waals surface area contributed by atoms with E-state index >= 15 is 0 Å². The van der Waals surface area contributed by atoms with Gasteiger partial charge in [0, 0.05) is 18.8 Å². The van der Waals surface area contributed by atoms with E-state index in [0.717, 1.165) is 0 Å². The Labute approximate surface area is 85.9 Å². The number of nitrogens with zero attached hydrogens (tertiary/aromatic N) is 1. The van der Waals surface area contributed by atoms with Crippen molar-refractivity contribution in [3.63, 3.8) is 0 Å². The first-order valence-corrected chi connectivity index (χ1v) is 4.27. The molecule has 0 aliphatic rings. The summed E-state index contributed by atoms with van der Waals surface area (Å²) in [5.74, 6) is -0.928. The Morgan fingerprint density at radius 1 is 1.73 bits per heavy atom. The van der Waals surface area contributed by atoms with Gasteiger partial charge in [0.1, 0.15) is 6.04 Å². The zero-order valence-electron chi connectivity index (χ0n) is 8.21. The molecule has 1 heterocycles. The topological polar surface area (TPSA) is 94.6 Å². The highest BCUT2D eigenvalue weighted by atomic mass is 16.5. The second-order valence-electron chi connectivity index (χ2n) is 3.02. The second kappa shape index (κ2) is 4.61. The van der Waals surface area contributed by atoms with Crippen LogP contribution >= 0.6 is 0 Å². The highest BCUT2D eigenvalue weighted by Gasteiger charge is 2.11. The first-order chi connectivity index (χ1) is 7.04. The van der Waals surface area contributed by atoms with E-state index in [2.05, 4.69) is 0 Å². The normalized spacial score (nSPS) is 12.1. The second-order valence-corrected chi connectivity index (χ2v) is 3.02. The summed E-state index contributed by atoms with van der Waals surface area (Å²) in [4.78, 5) is 21.6. The van der Waals surface area contributed by atoms with Crippen LogP contribution < -0.4 is 15.9 Å². The third-order valence-corrected chi connectivity index (χ3v) is 1.89. The molecule has 6 nitrogen and oxygen atoms in total. The monoisotopic (exact) mass is 212 g/mol. The number of methoxy groups -OCH3 is 1. The molecule has 1 aromatic heterocycles. The molecular weight excluding hydrogens is 200 g/mol. The predicted molar refractivity (Wildman–Crippen MR) is 52.9 cm³/mol. The van der Waals surface area contributed by atoms with Crippen LogP contribution in [-0.4, -0.2) is 28.8 Å². The van der Waals surface area contributed by atoms with Gasteiger partial charge in [-0.3, -0.25) is 9.59 Å². The van der Waals surface area contributed by atoms with E-state index in [1.54, 1.807) is 0 Å². The number of pyridine rings is 1. The smallest absolute Gasteiger partial charge is 0.322 e. The summed E-state index contributed by atoms with van der Waals surface area (Å²) in [6.07, 6.45) is 2.89. The SMILES string of the molecule is COc1cn(CC(N)C(=O)O)ccc1=O. The summed E-state index contributed by atoms with van der Waals surface area (Å²) in [7, 11) is 1.37. The van der Waals surface area contributed by atoms with Gasteiger partial charge in [-0.25, -0.2) is 0 Å². The molecule has 0 spiro atoms. The van der Waals surface area contributed by atoms with E-state index < -0.39 is 12.0 Å². The van der Waals surface area contributed by atoms with Gasteiger partial charge in [0.2, 0.25) is 5.43 Å². The van der Waals surface area contributed by atoms with Crippen molar-refractivity contribution in [3.8, 4) is 5.75 Å². The van der Waals surface area contributed by atoms with E-state index in [4.69, 9.17) is 15.6 Å². The van der Waals surface area contributed by atoms with E-state index in [1.165, 1.54) is 30.1 Å². The number of rotatable bonds is 4. The minimum absolute atomic E-state index is 0.0893. The number of hydrogen-bond acceptors (Lipinski definition) is 4. The van der Waals surface area contributed by atoms with Gasteiger partial charge in [-0.15, -0.1) is 0 Å². The lowest BCUT2D eigenvalue weighted by Gasteiger charge is -2.10. The molecule has 0 bridgehead atoms. The fourth-order valence-electron chi connectivity index (χ4n) is 1.07. The fourth-order valence-corrected chi connectivity index (χ4v) is 1.07. The third-order valence-electron chi connectivity index (χ3n) is 1.89. The van der Waals surface area contributed by atoms with Crippen molar-refractivity contribution in [1.29, 1.82) is 0 Å². The third kappa shape index (κ3) is 2.81. The number of nitrogens with two attached hydrogens (primary N) is 1. The van der Waals surface area contributed by atoms with Gasteiger partial charge < -0.3 is 20.1 Å². The summed E-state index contributed by atoms with van der Waals surface area (Å²) in [5, 5.41) is 8.59. The Morgan fingerprint density at radius 3 is 2.93 bits per heavy atom.